The molecule has 0 aromatic heterocycles. The van der Waals surface area contributed by atoms with Crippen LogP contribution in [0.2, 0.25) is 0 Å². The topological polar surface area (TPSA) is 46.2 Å². The molecule has 1 N–H and O–H groups in total. The van der Waals surface area contributed by atoms with Crippen LogP contribution in [0.5, 0.6) is 0 Å². The Bertz CT molecular complexity index is 805. The highest BCUT2D eigenvalue weighted by atomic mass is 16.1. The minimum Gasteiger partial charge on any atom is -0.348 e. The number of hydrogen-bond acceptors (Lipinski definition) is 2. The number of carbonyl (C=O) groups excluding carboxylic acids is 2. The number of ketones is 1. The zero-order chi connectivity index (χ0) is 18.3. The molecular formula is C22H23NO2. The molecule has 0 saturated carbocycles. The molecule has 0 saturated heterocycles. The molecule has 0 spiro atoms. The normalized spacial score (nSPS) is 10.5. The molecule has 0 aliphatic carbocycles. The zero-order valence-electron chi connectivity index (χ0n) is 14.9. The van der Waals surface area contributed by atoms with E-state index in [0.29, 0.717) is 24.1 Å². The maximum absolute atomic E-state index is 12.4. The standard InChI is InChI=1S/C22H23NO2/c1-22(2,3)15-19(24)14-13-18-11-7-8-12-20(18)21(25)23-16-17-9-5-4-6-10-17/h4-12H,15-16H2,1-3H3,(H,23,25). The van der Waals surface area contributed by atoms with Gasteiger partial charge in [-0.2, -0.15) is 0 Å². The zero-order valence-corrected chi connectivity index (χ0v) is 14.9. The second-order valence-electron chi connectivity index (χ2n) is 7.12. The number of Topliss-reactive ketones (excluding diaryl/α,β-unsaturated/α-hetero) is 1. The van der Waals surface area contributed by atoms with Crippen molar-refractivity contribution in [3.8, 4) is 11.8 Å². The first kappa shape index (κ1) is 18.5. The van der Waals surface area contributed by atoms with E-state index in [1.165, 1.54) is 0 Å². The molecule has 0 radical (unpaired) electrons. The molecule has 25 heavy (non-hydrogen) atoms. The molecule has 0 aliphatic heterocycles. The molecule has 3 heteroatoms. The summed E-state index contributed by atoms with van der Waals surface area (Å²) in [7, 11) is 0. The van der Waals surface area contributed by atoms with E-state index in [2.05, 4.69) is 17.2 Å². The van der Waals surface area contributed by atoms with Crippen molar-refractivity contribution < 1.29 is 9.59 Å². The smallest absolute Gasteiger partial charge is 0.252 e. The Morgan fingerprint density at radius 3 is 2.28 bits per heavy atom. The van der Waals surface area contributed by atoms with Crippen LogP contribution in [0.1, 0.15) is 48.7 Å². The van der Waals surface area contributed by atoms with E-state index in [-0.39, 0.29) is 17.1 Å². The van der Waals surface area contributed by atoms with Crippen LogP contribution in [0, 0.1) is 17.3 Å². The van der Waals surface area contributed by atoms with Crippen molar-refractivity contribution in [2.75, 3.05) is 0 Å². The fraction of sp³-hybridized carbons (Fsp3) is 0.273. The Morgan fingerprint density at radius 1 is 0.960 bits per heavy atom. The van der Waals surface area contributed by atoms with Crippen molar-refractivity contribution in [3.63, 3.8) is 0 Å². The number of benzene rings is 2. The van der Waals surface area contributed by atoms with Crippen LogP contribution in [-0.2, 0) is 11.3 Å². The van der Waals surface area contributed by atoms with Crippen LogP contribution in [-0.4, -0.2) is 11.7 Å². The van der Waals surface area contributed by atoms with E-state index in [1.54, 1.807) is 18.2 Å². The maximum Gasteiger partial charge on any atom is 0.252 e. The lowest BCUT2D eigenvalue weighted by Gasteiger charge is -2.14. The Labute approximate surface area is 149 Å². The van der Waals surface area contributed by atoms with Crippen molar-refractivity contribution in [2.45, 2.75) is 33.7 Å². The predicted molar refractivity (Wildman–Crippen MR) is 100 cm³/mol. The lowest BCUT2D eigenvalue weighted by molar-refractivity contribution is -0.115. The number of amides is 1. The molecule has 0 heterocycles. The van der Waals surface area contributed by atoms with Gasteiger partial charge in [-0.1, -0.05) is 69.2 Å². The van der Waals surface area contributed by atoms with Crippen molar-refractivity contribution in [2.24, 2.45) is 5.41 Å². The highest BCUT2D eigenvalue weighted by molar-refractivity contribution is 5.99. The third-order valence-corrected chi connectivity index (χ3v) is 3.50. The summed E-state index contributed by atoms with van der Waals surface area (Å²) in [5, 5.41) is 2.89. The summed E-state index contributed by atoms with van der Waals surface area (Å²) >= 11 is 0. The molecule has 3 nitrogen and oxygen atoms in total. The first-order valence-electron chi connectivity index (χ1n) is 8.31. The van der Waals surface area contributed by atoms with Gasteiger partial charge in [0.2, 0.25) is 5.78 Å². The first-order chi connectivity index (χ1) is 11.8. The van der Waals surface area contributed by atoms with E-state index in [0.717, 1.165) is 5.56 Å². The lowest BCUT2D eigenvalue weighted by Crippen LogP contribution is -2.23. The summed E-state index contributed by atoms with van der Waals surface area (Å²) in [6, 6.07) is 16.8. The molecule has 2 rings (SSSR count). The van der Waals surface area contributed by atoms with E-state index in [1.807, 2.05) is 57.2 Å². The van der Waals surface area contributed by atoms with Gasteiger partial charge in [0.1, 0.15) is 0 Å². The van der Waals surface area contributed by atoms with Crippen LogP contribution >= 0.6 is 0 Å². The van der Waals surface area contributed by atoms with Gasteiger partial charge in [-0.3, -0.25) is 9.59 Å². The van der Waals surface area contributed by atoms with E-state index in [4.69, 9.17) is 0 Å². The molecule has 2 aromatic rings. The second-order valence-corrected chi connectivity index (χ2v) is 7.12. The minimum atomic E-state index is -0.197. The summed E-state index contributed by atoms with van der Waals surface area (Å²) in [4.78, 5) is 24.4. The molecule has 0 bridgehead atoms. The van der Waals surface area contributed by atoms with E-state index < -0.39 is 0 Å². The van der Waals surface area contributed by atoms with Gasteiger partial charge in [0.15, 0.2) is 0 Å². The Hall–Kier alpha value is -2.86. The molecular weight excluding hydrogens is 310 g/mol. The van der Waals surface area contributed by atoms with Gasteiger partial charge in [0, 0.05) is 18.5 Å². The van der Waals surface area contributed by atoms with Crippen LogP contribution in [0.3, 0.4) is 0 Å². The summed E-state index contributed by atoms with van der Waals surface area (Å²) in [5.74, 6) is 5.19. The summed E-state index contributed by atoms with van der Waals surface area (Å²) in [6.45, 7) is 6.44. The Morgan fingerprint density at radius 2 is 1.60 bits per heavy atom. The van der Waals surface area contributed by atoms with E-state index in [9.17, 15) is 9.59 Å². The molecule has 0 atom stereocenters. The quantitative estimate of drug-likeness (QED) is 0.861. The molecule has 128 valence electrons. The fourth-order valence-electron chi connectivity index (χ4n) is 2.33. The van der Waals surface area contributed by atoms with Gasteiger partial charge in [-0.25, -0.2) is 0 Å². The maximum atomic E-state index is 12.4. The lowest BCUT2D eigenvalue weighted by atomic mass is 9.90. The average molecular weight is 333 g/mol. The number of rotatable bonds is 4. The van der Waals surface area contributed by atoms with Crippen LogP contribution in [0.25, 0.3) is 0 Å². The first-order valence-corrected chi connectivity index (χ1v) is 8.31. The largest absolute Gasteiger partial charge is 0.348 e. The molecule has 0 unspecified atom stereocenters. The molecule has 1 amide bonds. The monoisotopic (exact) mass is 333 g/mol. The van der Waals surface area contributed by atoms with Crippen molar-refractivity contribution in [1.82, 2.24) is 5.32 Å². The number of nitrogens with one attached hydrogen (secondary N) is 1. The van der Waals surface area contributed by atoms with Gasteiger partial charge in [-0.15, -0.1) is 0 Å². The van der Waals surface area contributed by atoms with Crippen LogP contribution in [0.15, 0.2) is 54.6 Å². The third-order valence-electron chi connectivity index (χ3n) is 3.50. The second kappa shape index (κ2) is 8.30. The minimum absolute atomic E-state index is 0.0989. The van der Waals surface area contributed by atoms with Crippen LogP contribution < -0.4 is 5.32 Å². The summed E-state index contributed by atoms with van der Waals surface area (Å²) in [5.41, 5.74) is 1.97. The van der Waals surface area contributed by atoms with Crippen molar-refractivity contribution >= 4 is 11.7 Å². The number of carbonyl (C=O) groups is 2. The van der Waals surface area contributed by atoms with Crippen LogP contribution in [0.4, 0.5) is 0 Å². The average Bonchev–Trinajstić information content (AvgIpc) is 2.57. The van der Waals surface area contributed by atoms with Gasteiger partial charge < -0.3 is 5.32 Å². The summed E-state index contributed by atoms with van der Waals surface area (Å²) in [6.07, 6.45) is 0.391. The Kier molecular flexibility index (Phi) is 6.14. The number of hydrogen-bond donors (Lipinski definition) is 1. The van der Waals surface area contributed by atoms with Gasteiger partial charge in [0.05, 0.1) is 5.56 Å². The van der Waals surface area contributed by atoms with Gasteiger partial charge in [0.25, 0.3) is 5.91 Å². The predicted octanol–water partition coefficient (Wildman–Crippen LogP) is 3.97. The Balaban J connectivity index is 2.10. The molecule has 0 fully saturated rings. The summed E-state index contributed by atoms with van der Waals surface area (Å²) < 4.78 is 0. The van der Waals surface area contributed by atoms with Crippen molar-refractivity contribution in [3.05, 3.63) is 71.3 Å². The SMILES string of the molecule is CC(C)(C)CC(=O)C#Cc1ccccc1C(=O)NCc1ccccc1. The fourth-order valence-corrected chi connectivity index (χ4v) is 2.33. The van der Waals surface area contributed by atoms with Gasteiger partial charge in [-0.05, 0) is 29.0 Å². The highest BCUT2D eigenvalue weighted by Crippen LogP contribution is 2.18. The molecule has 2 aromatic carbocycles. The third kappa shape index (κ3) is 6.27. The van der Waals surface area contributed by atoms with Crippen molar-refractivity contribution in [1.29, 1.82) is 0 Å². The highest BCUT2D eigenvalue weighted by Gasteiger charge is 2.14. The molecule has 0 aliphatic rings. The van der Waals surface area contributed by atoms with E-state index >= 15 is 0 Å². The van der Waals surface area contributed by atoms with Gasteiger partial charge >= 0.3 is 0 Å².